The summed E-state index contributed by atoms with van der Waals surface area (Å²) in [6.45, 7) is 2.09. The molecule has 8 heteroatoms. The number of hydrogen-bond acceptors (Lipinski definition) is 6. The molecular weight excluding hydrogens is 503 g/mol. The highest BCUT2D eigenvalue weighted by Crippen LogP contribution is 2.31. The van der Waals surface area contributed by atoms with E-state index in [1.807, 2.05) is 12.1 Å². The van der Waals surface area contributed by atoms with E-state index in [9.17, 15) is 9.18 Å². The van der Waals surface area contributed by atoms with Crippen LogP contribution in [0.1, 0.15) is 55.7 Å². The molecule has 0 unspecified atom stereocenters. The van der Waals surface area contributed by atoms with E-state index in [-0.39, 0.29) is 23.8 Å². The lowest BCUT2D eigenvalue weighted by Gasteiger charge is -2.24. The summed E-state index contributed by atoms with van der Waals surface area (Å²) in [6, 6.07) is 17.0. The van der Waals surface area contributed by atoms with Crippen molar-refractivity contribution < 1.29 is 4.39 Å². The van der Waals surface area contributed by atoms with Crippen LogP contribution in [0.3, 0.4) is 0 Å². The Morgan fingerprint density at radius 1 is 1.00 bits per heavy atom. The molecule has 1 saturated heterocycles. The van der Waals surface area contributed by atoms with Gasteiger partial charge in [-0.2, -0.15) is 4.98 Å². The van der Waals surface area contributed by atoms with Crippen LogP contribution in [-0.2, 0) is 6.42 Å². The molecule has 0 bridgehead atoms. The lowest BCUT2D eigenvalue weighted by molar-refractivity contribution is 0.479. The number of pyridine rings is 1. The van der Waals surface area contributed by atoms with Crippen LogP contribution < -0.4 is 21.5 Å². The smallest absolute Gasteiger partial charge is 0.268 e. The van der Waals surface area contributed by atoms with Crippen molar-refractivity contribution in [1.82, 2.24) is 19.9 Å². The van der Waals surface area contributed by atoms with E-state index in [2.05, 4.69) is 44.9 Å². The Kier molecular flexibility index (Phi) is 7.73. The first-order valence-electron chi connectivity index (χ1n) is 14.1. The number of anilines is 3. The number of piperidine rings is 1. The van der Waals surface area contributed by atoms with Gasteiger partial charge in [-0.25, -0.2) is 9.37 Å². The number of aromatic nitrogens is 3. The summed E-state index contributed by atoms with van der Waals surface area (Å²) < 4.78 is 15.8. The summed E-state index contributed by atoms with van der Waals surface area (Å²) in [4.78, 5) is 23.0. The standard InChI is InChI=1S/C32H33FN6O/c33-29-11-4-1-6-22(29)7-5-8-23-20-24-21-35-32(38-30(24)39(31(23)40)28-9-2-3-10-28)37-26-14-12-25(13-15-26)36-27-16-18-34-19-17-27/h1,4,6,11-15,20-21,27-28,34,36H,2-3,7,9-10,16-19H2,(H,35,37,38). The van der Waals surface area contributed by atoms with Gasteiger partial charge in [-0.05, 0) is 80.7 Å². The van der Waals surface area contributed by atoms with Crippen molar-refractivity contribution in [2.24, 2.45) is 0 Å². The van der Waals surface area contributed by atoms with Gasteiger partial charge in [-0.15, -0.1) is 0 Å². The first-order valence-corrected chi connectivity index (χ1v) is 14.1. The molecule has 1 aliphatic carbocycles. The van der Waals surface area contributed by atoms with Crippen molar-refractivity contribution in [1.29, 1.82) is 0 Å². The molecular formula is C32H33FN6O. The molecule has 2 aromatic carbocycles. The van der Waals surface area contributed by atoms with E-state index in [0.29, 0.717) is 28.8 Å². The van der Waals surface area contributed by atoms with Crippen molar-refractivity contribution in [3.8, 4) is 11.8 Å². The van der Waals surface area contributed by atoms with Crippen LogP contribution in [0.25, 0.3) is 11.0 Å². The van der Waals surface area contributed by atoms with Gasteiger partial charge in [0.15, 0.2) is 0 Å². The monoisotopic (exact) mass is 536 g/mol. The zero-order valence-corrected chi connectivity index (χ0v) is 22.4. The van der Waals surface area contributed by atoms with Crippen LogP contribution in [0.2, 0.25) is 0 Å². The minimum absolute atomic E-state index is 0.0754. The fourth-order valence-electron chi connectivity index (χ4n) is 5.63. The summed E-state index contributed by atoms with van der Waals surface area (Å²) in [7, 11) is 0. The van der Waals surface area contributed by atoms with Crippen LogP contribution in [0.15, 0.2) is 65.6 Å². The molecule has 204 valence electrons. The molecule has 4 aromatic rings. The van der Waals surface area contributed by atoms with Crippen molar-refractivity contribution in [2.75, 3.05) is 23.7 Å². The number of rotatable bonds is 6. The predicted molar refractivity (Wildman–Crippen MR) is 158 cm³/mol. The molecule has 0 amide bonds. The maximum atomic E-state index is 14.0. The van der Waals surface area contributed by atoms with Crippen molar-refractivity contribution in [2.45, 2.75) is 57.0 Å². The predicted octanol–water partition coefficient (Wildman–Crippen LogP) is 5.55. The Hall–Kier alpha value is -4.22. The van der Waals surface area contributed by atoms with E-state index < -0.39 is 0 Å². The van der Waals surface area contributed by atoms with Gasteiger partial charge in [0.1, 0.15) is 11.5 Å². The Bertz CT molecular complexity index is 1610. The molecule has 3 N–H and O–H groups in total. The number of nitrogens with zero attached hydrogens (tertiary/aromatic N) is 3. The van der Waals surface area contributed by atoms with Gasteiger partial charge in [0, 0.05) is 41.5 Å². The Morgan fingerprint density at radius 2 is 1.75 bits per heavy atom. The summed E-state index contributed by atoms with van der Waals surface area (Å²) in [5, 5.41) is 11.1. The van der Waals surface area contributed by atoms with Gasteiger partial charge in [-0.1, -0.05) is 42.9 Å². The minimum atomic E-state index is -0.292. The molecule has 1 saturated carbocycles. The van der Waals surface area contributed by atoms with E-state index in [0.717, 1.165) is 68.4 Å². The third-order valence-corrected chi connectivity index (χ3v) is 7.77. The normalized spacial score (nSPS) is 16.0. The SMILES string of the molecule is O=c1c(C#CCc2ccccc2F)cc2cnc(Nc3ccc(NC4CCNCC4)cc3)nc2n1C1CCCC1. The van der Waals surface area contributed by atoms with Crippen molar-refractivity contribution in [3.63, 3.8) is 0 Å². The van der Waals surface area contributed by atoms with Crippen LogP contribution >= 0.6 is 0 Å². The zero-order valence-electron chi connectivity index (χ0n) is 22.4. The van der Waals surface area contributed by atoms with Gasteiger partial charge in [0.25, 0.3) is 5.56 Å². The van der Waals surface area contributed by atoms with Crippen LogP contribution in [0.5, 0.6) is 0 Å². The highest BCUT2D eigenvalue weighted by molar-refractivity contribution is 5.77. The number of halogens is 1. The third kappa shape index (κ3) is 5.85. The molecule has 2 fully saturated rings. The number of benzene rings is 2. The van der Waals surface area contributed by atoms with Gasteiger partial charge in [0.05, 0.1) is 5.56 Å². The molecule has 2 aliphatic rings. The highest BCUT2D eigenvalue weighted by Gasteiger charge is 2.22. The molecule has 6 rings (SSSR count). The van der Waals surface area contributed by atoms with Gasteiger partial charge in [-0.3, -0.25) is 9.36 Å². The summed E-state index contributed by atoms with van der Waals surface area (Å²) in [6.07, 6.45) is 8.23. The highest BCUT2D eigenvalue weighted by atomic mass is 19.1. The second-order valence-electron chi connectivity index (χ2n) is 10.6. The Labute approximate surface area is 233 Å². The molecule has 2 aromatic heterocycles. The quantitative estimate of drug-likeness (QED) is 0.281. The van der Waals surface area contributed by atoms with Crippen LogP contribution in [-0.4, -0.2) is 33.7 Å². The molecule has 40 heavy (non-hydrogen) atoms. The zero-order chi connectivity index (χ0) is 27.3. The molecule has 0 radical (unpaired) electrons. The first kappa shape index (κ1) is 26.0. The number of hydrogen-bond donors (Lipinski definition) is 3. The van der Waals surface area contributed by atoms with E-state index >= 15 is 0 Å². The maximum Gasteiger partial charge on any atom is 0.268 e. The second kappa shape index (κ2) is 11.9. The second-order valence-corrected chi connectivity index (χ2v) is 10.6. The average Bonchev–Trinajstić information content (AvgIpc) is 3.51. The largest absolute Gasteiger partial charge is 0.382 e. The lowest BCUT2D eigenvalue weighted by atomic mass is 10.1. The molecule has 0 atom stereocenters. The topological polar surface area (TPSA) is 83.9 Å². The fourth-order valence-corrected chi connectivity index (χ4v) is 5.63. The molecule has 7 nitrogen and oxygen atoms in total. The number of fused-ring (bicyclic) bond motifs is 1. The fraction of sp³-hybridized carbons (Fsp3) is 0.344. The van der Waals surface area contributed by atoms with Crippen molar-refractivity contribution >= 4 is 28.4 Å². The lowest BCUT2D eigenvalue weighted by Crippen LogP contribution is -2.35. The van der Waals surface area contributed by atoms with Gasteiger partial charge >= 0.3 is 0 Å². The Balaban J connectivity index is 1.26. The van der Waals surface area contributed by atoms with Crippen LogP contribution in [0, 0.1) is 17.7 Å². The summed E-state index contributed by atoms with van der Waals surface area (Å²) in [5.74, 6) is 6.14. The summed E-state index contributed by atoms with van der Waals surface area (Å²) in [5.41, 5.74) is 3.32. The Morgan fingerprint density at radius 3 is 2.52 bits per heavy atom. The number of nitrogens with one attached hydrogen (secondary N) is 3. The molecule has 1 aliphatic heterocycles. The first-order chi connectivity index (χ1) is 19.6. The minimum Gasteiger partial charge on any atom is -0.382 e. The van der Waals surface area contributed by atoms with E-state index in [4.69, 9.17) is 4.98 Å². The van der Waals surface area contributed by atoms with Crippen molar-refractivity contribution in [3.05, 3.63) is 88.1 Å². The maximum absolute atomic E-state index is 14.0. The van der Waals surface area contributed by atoms with E-state index in [1.54, 1.807) is 35.0 Å². The van der Waals surface area contributed by atoms with Gasteiger partial charge < -0.3 is 16.0 Å². The average molecular weight is 537 g/mol. The van der Waals surface area contributed by atoms with E-state index in [1.165, 1.54) is 6.07 Å². The van der Waals surface area contributed by atoms with Crippen LogP contribution in [0.4, 0.5) is 21.7 Å². The molecule has 0 spiro atoms. The van der Waals surface area contributed by atoms with Gasteiger partial charge in [0.2, 0.25) is 5.95 Å². The third-order valence-electron chi connectivity index (χ3n) is 7.77. The summed E-state index contributed by atoms with van der Waals surface area (Å²) >= 11 is 0. The molecule has 3 heterocycles.